The second-order valence-electron chi connectivity index (χ2n) is 4.65. The molecule has 0 saturated heterocycles. The van der Waals surface area contributed by atoms with Gasteiger partial charge in [-0.15, -0.1) is 0 Å². The lowest BCUT2D eigenvalue weighted by molar-refractivity contribution is 0.290. The molecule has 0 aliphatic rings. The van der Waals surface area contributed by atoms with Gasteiger partial charge in [0.2, 0.25) is 0 Å². The summed E-state index contributed by atoms with van der Waals surface area (Å²) in [7, 11) is 0. The fourth-order valence-electron chi connectivity index (χ4n) is 1.77. The van der Waals surface area contributed by atoms with E-state index >= 15 is 0 Å². The minimum atomic E-state index is 0.346. The van der Waals surface area contributed by atoms with Crippen molar-refractivity contribution in [2.75, 3.05) is 13.1 Å². The molecule has 0 aliphatic heterocycles. The van der Waals surface area contributed by atoms with Gasteiger partial charge in [-0.2, -0.15) is 0 Å². The molecule has 2 nitrogen and oxygen atoms in total. The highest BCUT2D eigenvalue weighted by Crippen LogP contribution is 2.25. The van der Waals surface area contributed by atoms with Gasteiger partial charge in [-0.1, -0.05) is 20.8 Å². The Bertz CT molecular complexity index is 256. The van der Waals surface area contributed by atoms with Crippen LogP contribution in [0.25, 0.3) is 0 Å². The molecular weight excluding hydrogens is 186 g/mol. The van der Waals surface area contributed by atoms with Crippen LogP contribution in [0.5, 0.6) is 0 Å². The summed E-state index contributed by atoms with van der Waals surface area (Å²) < 4.78 is 5.11. The van der Waals surface area contributed by atoms with E-state index < -0.39 is 0 Å². The van der Waals surface area contributed by atoms with Crippen molar-refractivity contribution in [2.24, 2.45) is 5.41 Å². The van der Waals surface area contributed by atoms with Crippen LogP contribution < -0.4 is 5.32 Å². The van der Waals surface area contributed by atoms with Gasteiger partial charge in [0.05, 0.1) is 12.5 Å². The highest BCUT2D eigenvalue weighted by Gasteiger charge is 2.22. The normalized spacial score (nSPS) is 15.1. The predicted octanol–water partition coefficient (Wildman–Crippen LogP) is 3.24. The third kappa shape index (κ3) is 4.08. The molecule has 0 radical (unpaired) electrons. The van der Waals surface area contributed by atoms with Crippen molar-refractivity contribution in [3.63, 3.8) is 0 Å². The Balaban J connectivity index is 2.44. The molecule has 0 aliphatic carbocycles. The van der Waals surface area contributed by atoms with Crippen LogP contribution in [0.2, 0.25) is 0 Å². The molecule has 1 unspecified atom stereocenters. The van der Waals surface area contributed by atoms with Crippen LogP contribution in [0.4, 0.5) is 0 Å². The Morgan fingerprint density at radius 3 is 2.73 bits per heavy atom. The number of furan rings is 1. The van der Waals surface area contributed by atoms with Gasteiger partial charge < -0.3 is 9.73 Å². The lowest BCUT2D eigenvalue weighted by atomic mass is 9.82. The van der Waals surface area contributed by atoms with E-state index in [9.17, 15) is 0 Å². The maximum Gasteiger partial charge on any atom is 0.0934 e. The highest BCUT2D eigenvalue weighted by molar-refractivity contribution is 5.08. The molecule has 1 aromatic heterocycles. The van der Waals surface area contributed by atoms with E-state index in [-0.39, 0.29) is 0 Å². The molecule has 0 fully saturated rings. The van der Waals surface area contributed by atoms with E-state index in [1.54, 1.807) is 6.26 Å². The van der Waals surface area contributed by atoms with Gasteiger partial charge in [-0.3, -0.25) is 0 Å². The van der Waals surface area contributed by atoms with Crippen LogP contribution in [-0.4, -0.2) is 13.1 Å². The summed E-state index contributed by atoms with van der Waals surface area (Å²) in [5, 5.41) is 3.51. The van der Waals surface area contributed by atoms with Crippen molar-refractivity contribution >= 4 is 0 Å². The topological polar surface area (TPSA) is 25.2 Å². The fraction of sp³-hybridized carbons (Fsp3) is 0.692. The molecule has 1 heterocycles. The summed E-state index contributed by atoms with van der Waals surface area (Å²) in [5.41, 5.74) is 1.65. The van der Waals surface area contributed by atoms with Crippen LogP contribution in [-0.2, 0) is 6.42 Å². The first-order chi connectivity index (χ1) is 7.20. The fourth-order valence-corrected chi connectivity index (χ4v) is 1.77. The molecule has 0 bridgehead atoms. The van der Waals surface area contributed by atoms with Crippen molar-refractivity contribution < 1.29 is 4.42 Å². The molecule has 0 spiro atoms. The minimum absolute atomic E-state index is 0.346. The van der Waals surface area contributed by atoms with Gasteiger partial charge in [0, 0.05) is 6.54 Å². The molecule has 15 heavy (non-hydrogen) atoms. The third-order valence-corrected chi connectivity index (χ3v) is 3.04. The van der Waals surface area contributed by atoms with Gasteiger partial charge in [0.25, 0.3) is 0 Å². The second-order valence-corrected chi connectivity index (χ2v) is 4.65. The van der Waals surface area contributed by atoms with Gasteiger partial charge in [-0.05, 0) is 42.9 Å². The number of hydrogen-bond acceptors (Lipinski definition) is 2. The van der Waals surface area contributed by atoms with Crippen LogP contribution >= 0.6 is 0 Å². The molecule has 1 N–H and O–H groups in total. The second kappa shape index (κ2) is 5.96. The van der Waals surface area contributed by atoms with Crippen molar-refractivity contribution in [3.05, 3.63) is 24.2 Å². The van der Waals surface area contributed by atoms with E-state index in [0.717, 1.165) is 19.5 Å². The summed E-state index contributed by atoms with van der Waals surface area (Å²) in [4.78, 5) is 0. The first kappa shape index (κ1) is 12.3. The summed E-state index contributed by atoms with van der Waals surface area (Å²) >= 11 is 0. The quantitative estimate of drug-likeness (QED) is 0.697. The number of rotatable bonds is 7. The summed E-state index contributed by atoms with van der Waals surface area (Å²) in [6, 6.07) is 2.06. The maximum atomic E-state index is 5.11. The zero-order valence-electron chi connectivity index (χ0n) is 10.2. The Hall–Kier alpha value is -0.760. The van der Waals surface area contributed by atoms with E-state index in [1.165, 1.54) is 18.4 Å². The van der Waals surface area contributed by atoms with E-state index in [2.05, 4.69) is 32.2 Å². The Labute approximate surface area is 93.1 Å². The molecule has 0 aromatic carbocycles. The molecule has 2 heteroatoms. The highest BCUT2D eigenvalue weighted by atomic mass is 16.3. The van der Waals surface area contributed by atoms with E-state index in [1.807, 2.05) is 6.26 Å². The summed E-state index contributed by atoms with van der Waals surface area (Å²) in [5.74, 6) is 0. The standard InChI is InChI=1S/C13H23NO/c1-4-7-14-11-13(3,5-2)9-12-6-8-15-10-12/h6,8,10,14H,4-5,7,9,11H2,1-3H3. The molecule has 0 saturated carbocycles. The van der Waals surface area contributed by atoms with Gasteiger partial charge >= 0.3 is 0 Å². The van der Waals surface area contributed by atoms with Crippen molar-refractivity contribution in [1.29, 1.82) is 0 Å². The summed E-state index contributed by atoms with van der Waals surface area (Å²) in [6.07, 6.45) is 7.09. The van der Waals surface area contributed by atoms with Crippen molar-refractivity contribution in [2.45, 2.75) is 40.0 Å². The Morgan fingerprint density at radius 1 is 1.40 bits per heavy atom. The first-order valence-electron chi connectivity index (χ1n) is 5.92. The largest absolute Gasteiger partial charge is 0.472 e. The van der Waals surface area contributed by atoms with Gasteiger partial charge in [0.1, 0.15) is 0 Å². The Morgan fingerprint density at radius 2 is 2.20 bits per heavy atom. The molecule has 86 valence electrons. The average Bonchev–Trinajstić information content (AvgIpc) is 2.71. The van der Waals surface area contributed by atoms with Crippen LogP contribution in [0.3, 0.4) is 0 Å². The van der Waals surface area contributed by atoms with Crippen LogP contribution in [0.1, 0.15) is 39.2 Å². The molecule has 1 atom stereocenters. The minimum Gasteiger partial charge on any atom is -0.472 e. The van der Waals surface area contributed by atoms with Gasteiger partial charge in [0.15, 0.2) is 0 Å². The zero-order chi connectivity index (χ0) is 11.1. The van der Waals surface area contributed by atoms with E-state index in [4.69, 9.17) is 4.42 Å². The molecule has 1 rings (SSSR count). The van der Waals surface area contributed by atoms with Crippen LogP contribution in [0, 0.1) is 5.41 Å². The van der Waals surface area contributed by atoms with Crippen molar-refractivity contribution in [3.8, 4) is 0 Å². The molecule has 0 amide bonds. The zero-order valence-corrected chi connectivity index (χ0v) is 10.2. The smallest absolute Gasteiger partial charge is 0.0934 e. The van der Waals surface area contributed by atoms with Gasteiger partial charge in [-0.25, -0.2) is 0 Å². The first-order valence-corrected chi connectivity index (χ1v) is 5.92. The van der Waals surface area contributed by atoms with Crippen LogP contribution in [0.15, 0.2) is 23.0 Å². The molecular formula is C13H23NO. The number of nitrogens with one attached hydrogen (secondary N) is 1. The Kier molecular flexibility index (Phi) is 4.89. The lowest BCUT2D eigenvalue weighted by Gasteiger charge is -2.28. The maximum absolute atomic E-state index is 5.11. The predicted molar refractivity (Wildman–Crippen MR) is 64.0 cm³/mol. The third-order valence-electron chi connectivity index (χ3n) is 3.04. The SMILES string of the molecule is CCCNCC(C)(CC)Cc1ccoc1. The summed E-state index contributed by atoms with van der Waals surface area (Å²) in [6.45, 7) is 8.99. The van der Waals surface area contributed by atoms with Crippen molar-refractivity contribution in [1.82, 2.24) is 5.32 Å². The monoisotopic (exact) mass is 209 g/mol. The average molecular weight is 209 g/mol. The lowest BCUT2D eigenvalue weighted by Crippen LogP contribution is -2.33. The number of hydrogen-bond donors (Lipinski definition) is 1. The molecule has 1 aromatic rings. The van der Waals surface area contributed by atoms with E-state index in [0.29, 0.717) is 5.41 Å².